The molecule has 9 heteroatoms. The van der Waals surface area contributed by atoms with Crippen molar-refractivity contribution >= 4 is 17.7 Å². The number of para-hydroxylation sites is 1. The molecule has 3 rings (SSSR count). The Hall–Kier alpha value is -2.94. The van der Waals surface area contributed by atoms with Crippen molar-refractivity contribution in [1.29, 1.82) is 0 Å². The molecule has 0 fully saturated rings. The molecule has 1 aromatic carbocycles. The van der Waals surface area contributed by atoms with Crippen LogP contribution in [0.25, 0.3) is 17.3 Å². The van der Waals surface area contributed by atoms with Crippen LogP contribution in [0.1, 0.15) is 19.6 Å². The number of carbonyl (C=O) groups is 1. The van der Waals surface area contributed by atoms with Crippen molar-refractivity contribution in [2.24, 2.45) is 0 Å². The molecule has 28 heavy (non-hydrogen) atoms. The van der Waals surface area contributed by atoms with Crippen LogP contribution in [0.2, 0.25) is 0 Å². The van der Waals surface area contributed by atoms with Gasteiger partial charge in [-0.3, -0.25) is 9.36 Å². The van der Waals surface area contributed by atoms with Gasteiger partial charge < -0.3 is 19.0 Å². The van der Waals surface area contributed by atoms with Gasteiger partial charge >= 0.3 is 5.97 Å². The van der Waals surface area contributed by atoms with Gasteiger partial charge in [-0.05, 0) is 45.0 Å². The summed E-state index contributed by atoms with van der Waals surface area (Å²) in [5, 5.41) is 18.4. The minimum absolute atomic E-state index is 0.374. The SMILES string of the molecule is COc1cccc(OC)c1-n1c(SC(C)(C)C(=O)O)nnc1-c1ccc(C)o1. The summed E-state index contributed by atoms with van der Waals surface area (Å²) in [4.78, 5) is 11.7. The lowest BCUT2D eigenvalue weighted by atomic mass is 10.2. The number of aliphatic carboxylic acids is 1. The molecule has 0 saturated carbocycles. The van der Waals surface area contributed by atoms with E-state index in [9.17, 15) is 9.90 Å². The summed E-state index contributed by atoms with van der Waals surface area (Å²) in [6.07, 6.45) is 0. The van der Waals surface area contributed by atoms with Crippen LogP contribution in [-0.4, -0.2) is 44.8 Å². The second-order valence-electron chi connectivity index (χ2n) is 6.48. The van der Waals surface area contributed by atoms with Gasteiger partial charge in [0.15, 0.2) is 10.9 Å². The number of ether oxygens (including phenoxy) is 2. The maximum absolute atomic E-state index is 11.7. The molecule has 2 heterocycles. The zero-order chi connectivity index (χ0) is 20.5. The second-order valence-corrected chi connectivity index (χ2v) is 8.07. The van der Waals surface area contributed by atoms with Crippen molar-refractivity contribution in [3.8, 4) is 28.8 Å². The minimum Gasteiger partial charge on any atom is -0.494 e. The largest absolute Gasteiger partial charge is 0.494 e. The fraction of sp³-hybridized carbons (Fsp3) is 0.316. The molecule has 0 aliphatic rings. The molecule has 8 nitrogen and oxygen atoms in total. The van der Waals surface area contributed by atoms with Gasteiger partial charge in [0.2, 0.25) is 5.82 Å². The number of nitrogens with zero attached hydrogens (tertiary/aromatic N) is 3. The van der Waals surface area contributed by atoms with Crippen LogP contribution in [0.15, 0.2) is 39.9 Å². The topological polar surface area (TPSA) is 99.6 Å². The van der Waals surface area contributed by atoms with Crippen LogP contribution in [0.4, 0.5) is 0 Å². The second kappa shape index (κ2) is 7.59. The van der Waals surface area contributed by atoms with Gasteiger partial charge in [-0.15, -0.1) is 10.2 Å². The van der Waals surface area contributed by atoms with Gasteiger partial charge in [0.1, 0.15) is 27.7 Å². The molecule has 1 N–H and O–H groups in total. The number of hydrogen-bond donors (Lipinski definition) is 1. The highest BCUT2D eigenvalue weighted by Gasteiger charge is 2.33. The predicted molar refractivity (Wildman–Crippen MR) is 104 cm³/mol. The summed E-state index contributed by atoms with van der Waals surface area (Å²) in [6, 6.07) is 8.98. The van der Waals surface area contributed by atoms with Crippen molar-refractivity contribution in [2.45, 2.75) is 30.7 Å². The fourth-order valence-corrected chi connectivity index (χ4v) is 3.47. The van der Waals surface area contributed by atoms with E-state index in [1.54, 1.807) is 56.9 Å². The van der Waals surface area contributed by atoms with E-state index in [4.69, 9.17) is 13.9 Å². The zero-order valence-electron chi connectivity index (χ0n) is 16.2. The number of thioether (sulfide) groups is 1. The minimum atomic E-state index is -1.13. The van der Waals surface area contributed by atoms with Crippen LogP contribution in [0, 0.1) is 6.92 Å². The van der Waals surface area contributed by atoms with Gasteiger partial charge in [-0.25, -0.2) is 0 Å². The molecule has 0 atom stereocenters. The summed E-state index contributed by atoms with van der Waals surface area (Å²) in [7, 11) is 3.10. The van der Waals surface area contributed by atoms with E-state index in [1.807, 2.05) is 13.0 Å². The first-order chi connectivity index (χ1) is 13.3. The molecule has 2 aromatic heterocycles. The smallest absolute Gasteiger partial charge is 0.319 e. The molecule has 0 amide bonds. The number of methoxy groups -OCH3 is 2. The number of carboxylic acids is 1. The van der Waals surface area contributed by atoms with Crippen LogP contribution >= 0.6 is 11.8 Å². The molecule has 148 valence electrons. The Balaban J connectivity index is 2.29. The highest BCUT2D eigenvalue weighted by Crippen LogP contribution is 2.41. The van der Waals surface area contributed by atoms with Crippen molar-refractivity contribution in [3.05, 3.63) is 36.1 Å². The number of hydrogen-bond acceptors (Lipinski definition) is 7. The van der Waals surface area contributed by atoms with Crippen molar-refractivity contribution in [1.82, 2.24) is 14.8 Å². The maximum atomic E-state index is 11.7. The maximum Gasteiger partial charge on any atom is 0.319 e. The van der Waals surface area contributed by atoms with Gasteiger partial charge in [-0.2, -0.15) is 0 Å². The third kappa shape index (κ3) is 3.57. The van der Waals surface area contributed by atoms with E-state index in [-0.39, 0.29) is 0 Å². The molecule has 0 spiro atoms. The standard InChI is InChI=1S/C19H21N3O5S/c1-11-9-10-14(27-11)16-20-21-18(28-19(2,3)17(23)24)22(16)15-12(25-4)7-6-8-13(15)26-5/h6-10H,1-5H3,(H,23,24). The first-order valence-corrected chi connectivity index (χ1v) is 9.26. The van der Waals surface area contributed by atoms with E-state index < -0.39 is 10.7 Å². The third-order valence-electron chi connectivity index (χ3n) is 4.08. The lowest BCUT2D eigenvalue weighted by Gasteiger charge is -2.20. The van der Waals surface area contributed by atoms with Gasteiger partial charge in [-0.1, -0.05) is 17.8 Å². The van der Waals surface area contributed by atoms with Crippen LogP contribution in [0.5, 0.6) is 11.5 Å². The summed E-state index contributed by atoms with van der Waals surface area (Å²) < 4.78 is 17.4. The molecule has 0 aliphatic heterocycles. The Labute approximate surface area is 166 Å². The predicted octanol–water partition coefficient (Wildman–Crippen LogP) is 3.81. The molecule has 0 unspecified atom stereocenters. The Bertz CT molecular complexity index is 987. The number of rotatable bonds is 7. The Morgan fingerprint density at radius 2 is 1.79 bits per heavy atom. The van der Waals surface area contributed by atoms with Crippen LogP contribution in [0.3, 0.4) is 0 Å². The van der Waals surface area contributed by atoms with Gasteiger partial charge in [0, 0.05) is 0 Å². The van der Waals surface area contributed by atoms with Crippen LogP contribution < -0.4 is 9.47 Å². The van der Waals surface area contributed by atoms with E-state index in [0.29, 0.717) is 33.9 Å². The lowest BCUT2D eigenvalue weighted by Crippen LogP contribution is -2.27. The number of aromatic nitrogens is 3. The van der Waals surface area contributed by atoms with Crippen molar-refractivity contribution < 1.29 is 23.8 Å². The first-order valence-electron chi connectivity index (χ1n) is 8.44. The molecular formula is C19H21N3O5S. The molecule has 3 aromatic rings. The first kappa shape index (κ1) is 19.8. The summed E-state index contributed by atoms with van der Waals surface area (Å²) >= 11 is 1.07. The highest BCUT2D eigenvalue weighted by atomic mass is 32.2. The summed E-state index contributed by atoms with van der Waals surface area (Å²) in [5.74, 6) is 1.72. The number of carboxylic acid groups (broad SMARTS) is 1. The molecule has 0 aliphatic carbocycles. The van der Waals surface area contributed by atoms with E-state index in [0.717, 1.165) is 17.5 Å². The number of aryl methyl sites for hydroxylation is 1. The van der Waals surface area contributed by atoms with E-state index in [1.165, 1.54) is 0 Å². The molecular weight excluding hydrogens is 382 g/mol. The zero-order valence-corrected chi connectivity index (χ0v) is 17.0. The summed E-state index contributed by atoms with van der Waals surface area (Å²) in [6.45, 7) is 5.04. The molecule has 0 saturated heterocycles. The number of furan rings is 1. The average molecular weight is 403 g/mol. The molecule has 0 bridgehead atoms. The van der Waals surface area contributed by atoms with E-state index in [2.05, 4.69) is 10.2 Å². The monoisotopic (exact) mass is 403 g/mol. The Morgan fingerprint density at radius 1 is 1.14 bits per heavy atom. The number of benzene rings is 1. The fourth-order valence-electron chi connectivity index (χ4n) is 2.58. The van der Waals surface area contributed by atoms with Gasteiger partial charge in [0.25, 0.3) is 0 Å². The Kier molecular flexibility index (Phi) is 5.37. The average Bonchev–Trinajstić information content (AvgIpc) is 3.26. The highest BCUT2D eigenvalue weighted by molar-refractivity contribution is 8.01. The van der Waals surface area contributed by atoms with Crippen LogP contribution in [-0.2, 0) is 4.79 Å². The normalized spacial score (nSPS) is 11.5. The summed E-state index contributed by atoms with van der Waals surface area (Å²) in [5.41, 5.74) is 0.560. The third-order valence-corrected chi connectivity index (χ3v) is 5.21. The van der Waals surface area contributed by atoms with Gasteiger partial charge in [0.05, 0.1) is 14.2 Å². The lowest BCUT2D eigenvalue weighted by molar-refractivity contribution is -0.138. The molecule has 0 radical (unpaired) electrons. The van der Waals surface area contributed by atoms with Crippen molar-refractivity contribution in [2.75, 3.05) is 14.2 Å². The van der Waals surface area contributed by atoms with E-state index >= 15 is 0 Å². The van der Waals surface area contributed by atoms with Crippen molar-refractivity contribution in [3.63, 3.8) is 0 Å². The quantitative estimate of drug-likeness (QED) is 0.595. The Morgan fingerprint density at radius 3 is 2.29 bits per heavy atom.